The zero-order chi connectivity index (χ0) is 43.6. The van der Waals surface area contributed by atoms with E-state index in [0.29, 0.717) is 58.3 Å². The lowest BCUT2D eigenvalue weighted by molar-refractivity contribution is 0.0942. The van der Waals surface area contributed by atoms with Crippen molar-refractivity contribution in [1.29, 1.82) is 0 Å². The molecule has 13 nitrogen and oxygen atoms in total. The van der Waals surface area contributed by atoms with E-state index in [9.17, 15) is 26.4 Å². The summed E-state index contributed by atoms with van der Waals surface area (Å²) in [5.74, 6) is 1.20. The predicted octanol–water partition coefficient (Wildman–Crippen LogP) is 6.28. The van der Waals surface area contributed by atoms with Crippen LogP contribution in [-0.4, -0.2) is 81.9 Å². The number of hydrogen-bond donors (Lipinski definition) is 3. The second-order valence-corrected chi connectivity index (χ2v) is 20.7. The van der Waals surface area contributed by atoms with Gasteiger partial charge in [-0.15, -0.1) is 23.2 Å². The molecule has 4 aliphatic rings. The van der Waals surface area contributed by atoms with Crippen LogP contribution < -0.4 is 16.0 Å². The van der Waals surface area contributed by atoms with Gasteiger partial charge < -0.3 is 25.4 Å². The highest BCUT2D eigenvalue weighted by Gasteiger charge is 2.35. The molecule has 3 aliphatic heterocycles. The van der Waals surface area contributed by atoms with E-state index in [1.807, 2.05) is 12.1 Å². The molecule has 2 amide bonds. The first-order valence-corrected chi connectivity index (χ1v) is 24.9. The molecule has 2 aromatic carbocycles. The minimum Gasteiger partial charge on any atom is -0.381 e. The second-order valence-electron chi connectivity index (χ2n) is 15.3. The van der Waals surface area contributed by atoms with Crippen LogP contribution in [-0.2, 0) is 55.2 Å². The minimum atomic E-state index is -3.22. The molecule has 0 radical (unpaired) electrons. The fourth-order valence-electron chi connectivity index (χ4n) is 8.08. The summed E-state index contributed by atoms with van der Waals surface area (Å²) in [5, 5.41) is 9.45. The van der Waals surface area contributed by atoms with Gasteiger partial charge in [0.1, 0.15) is 0 Å². The molecule has 1 aliphatic carbocycles. The van der Waals surface area contributed by atoms with Crippen molar-refractivity contribution in [2.24, 2.45) is 11.8 Å². The summed E-state index contributed by atoms with van der Waals surface area (Å²) in [5.41, 5.74) is 7.16. The number of halogens is 2. The molecule has 2 saturated heterocycles. The third kappa shape index (κ3) is 11.7. The first-order chi connectivity index (χ1) is 29.4. The van der Waals surface area contributed by atoms with E-state index in [4.69, 9.17) is 32.7 Å². The number of pyridine rings is 2. The zero-order valence-electron chi connectivity index (χ0n) is 34.4. The Balaban J connectivity index is 0.000000192. The van der Waals surface area contributed by atoms with Crippen molar-refractivity contribution in [3.8, 4) is 0 Å². The van der Waals surface area contributed by atoms with E-state index < -0.39 is 19.7 Å². The molecule has 4 unspecified atom stereocenters. The molecule has 0 spiro atoms. The molecule has 8 rings (SSSR count). The van der Waals surface area contributed by atoms with Gasteiger partial charge in [-0.05, 0) is 90.3 Å². The molecule has 17 heteroatoms. The zero-order valence-corrected chi connectivity index (χ0v) is 37.5. The lowest BCUT2D eigenvalue weighted by atomic mass is 9.89. The number of nitrogens with one attached hydrogen (secondary N) is 3. The minimum absolute atomic E-state index is 0.0674. The molecule has 2 aromatic heterocycles. The second kappa shape index (κ2) is 21.4. The molecular weight excluding hydrogens is 862 g/mol. The van der Waals surface area contributed by atoms with Gasteiger partial charge in [0, 0.05) is 62.8 Å². The van der Waals surface area contributed by atoms with E-state index in [1.54, 1.807) is 74.8 Å². The molecule has 0 bridgehead atoms. The number of aromatic nitrogens is 2. The van der Waals surface area contributed by atoms with Crippen molar-refractivity contribution in [3.63, 3.8) is 0 Å². The van der Waals surface area contributed by atoms with E-state index in [2.05, 4.69) is 25.9 Å². The number of hydrogen-bond acceptors (Lipinski definition) is 11. The van der Waals surface area contributed by atoms with Gasteiger partial charge in [-0.1, -0.05) is 38.1 Å². The SMILES string of the molecule is CCS(=O)(=O)c1ccc(CNC(=O)c2cnc3c(c2)CCC3C2CCOC2)cc1.CCS(=O)(=O)c1ccc(CNC(=O)c2cnc3c(c2)CNC3C2CCOC2)cc1.ClCCl. The van der Waals surface area contributed by atoms with Gasteiger partial charge in [-0.25, -0.2) is 16.8 Å². The van der Waals surface area contributed by atoms with Crippen LogP contribution in [0.5, 0.6) is 0 Å². The summed E-state index contributed by atoms with van der Waals surface area (Å²) < 4.78 is 58.5. The van der Waals surface area contributed by atoms with Gasteiger partial charge in [0.2, 0.25) is 0 Å². The van der Waals surface area contributed by atoms with Crippen LogP contribution in [0.3, 0.4) is 0 Å². The Morgan fingerprint density at radius 3 is 1.66 bits per heavy atom. The van der Waals surface area contributed by atoms with Crippen LogP contribution >= 0.6 is 23.2 Å². The normalized spacial score (nSPS) is 20.4. The van der Waals surface area contributed by atoms with Gasteiger partial charge >= 0.3 is 0 Å². The maximum absolute atomic E-state index is 12.6. The van der Waals surface area contributed by atoms with Crippen molar-refractivity contribution < 1.29 is 35.9 Å². The molecule has 5 heterocycles. The van der Waals surface area contributed by atoms with Crippen molar-refractivity contribution in [3.05, 3.63) is 118 Å². The quantitative estimate of drug-likeness (QED) is 0.136. The van der Waals surface area contributed by atoms with Gasteiger partial charge in [0.15, 0.2) is 19.7 Å². The predicted molar refractivity (Wildman–Crippen MR) is 234 cm³/mol. The van der Waals surface area contributed by atoms with E-state index in [1.165, 1.54) is 5.56 Å². The summed E-state index contributed by atoms with van der Waals surface area (Å²) in [7, 11) is -6.42. The maximum Gasteiger partial charge on any atom is 0.253 e. The Kier molecular flexibility index (Phi) is 16.3. The molecule has 328 valence electrons. The van der Waals surface area contributed by atoms with Crippen molar-refractivity contribution in [2.75, 3.05) is 43.3 Å². The fourth-order valence-corrected chi connectivity index (χ4v) is 9.84. The van der Waals surface area contributed by atoms with E-state index in [0.717, 1.165) is 80.2 Å². The Labute approximate surface area is 368 Å². The summed E-state index contributed by atoms with van der Waals surface area (Å²) in [6, 6.07) is 17.3. The lowest BCUT2D eigenvalue weighted by Gasteiger charge is -2.17. The Hall–Kier alpha value is -3.96. The third-order valence-corrected chi connectivity index (χ3v) is 15.1. The number of carbonyl (C=O) groups excluding carboxylic acids is 2. The molecule has 4 atom stereocenters. The maximum atomic E-state index is 12.6. The average Bonchev–Trinajstić information content (AvgIpc) is 4.13. The van der Waals surface area contributed by atoms with Crippen LogP contribution in [0.4, 0.5) is 0 Å². The molecule has 4 aromatic rings. The summed E-state index contributed by atoms with van der Waals surface area (Å²) in [6.45, 7) is 7.80. The summed E-state index contributed by atoms with van der Waals surface area (Å²) >= 11 is 9.53. The monoisotopic (exact) mass is 913 g/mol. The van der Waals surface area contributed by atoms with Crippen LogP contribution in [0, 0.1) is 11.8 Å². The standard InChI is InChI=1S/C22H26N2O4S.C21H25N3O4S.CH2Cl2/c1-2-29(26,27)19-6-3-15(4-7-19)12-24-22(25)18-11-16-5-8-20(21(16)23-13-18)17-9-10-28-14-17;1-2-29(26,27)18-5-3-14(4-6-18)10-24-21(25)17-9-16-11-22-19(20(16)23-12-17)15-7-8-28-13-15;2-1-3/h3-4,6-7,11,13,17,20H,2,5,8-10,12,14H2,1H3,(H,24,25);3-6,9,12,15,19,22H,2,7-8,10-11,13H2,1H3,(H,24,25);1H2. The molecule has 2 fully saturated rings. The van der Waals surface area contributed by atoms with E-state index >= 15 is 0 Å². The van der Waals surface area contributed by atoms with E-state index in [-0.39, 0.29) is 34.7 Å². The van der Waals surface area contributed by atoms with Gasteiger partial charge in [-0.3, -0.25) is 19.6 Å². The highest BCUT2D eigenvalue weighted by atomic mass is 35.5. The topological polar surface area (TPSA) is 183 Å². The third-order valence-electron chi connectivity index (χ3n) is 11.6. The summed E-state index contributed by atoms with van der Waals surface area (Å²) in [6.07, 6.45) is 7.44. The average molecular weight is 915 g/mol. The van der Waals surface area contributed by atoms with Crippen molar-refractivity contribution in [1.82, 2.24) is 25.9 Å². The molecule has 0 saturated carbocycles. The Bertz CT molecular complexity index is 2190. The van der Waals surface area contributed by atoms with Crippen molar-refractivity contribution in [2.45, 2.75) is 80.9 Å². The largest absolute Gasteiger partial charge is 0.381 e. The van der Waals surface area contributed by atoms with Crippen LogP contribution in [0.2, 0.25) is 0 Å². The molecule has 61 heavy (non-hydrogen) atoms. The summed E-state index contributed by atoms with van der Waals surface area (Å²) in [4.78, 5) is 34.9. The number of ether oxygens (including phenoxy) is 2. The number of benzene rings is 2. The van der Waals surface area contributed by atoms with Crippen LogP contribution in [0.1, 0.15) is 99.4 Å². The number of carbonyl (C=O) groups is 2. The molecule has 3 N–H and O–H groups in total. The highest BCUT2D eigenvalue weighted by molar-refractivity contribution is 7.91. The Morgan fingerprint density at radius 1 is 0.705 bits per heavy atom. The Morgan fingerprint density at radius 2 is 1.18 bits per heavy atom. The van der Waals surface area contributed by atoms with Gasteiger partial charge in [-0.2, -0.15) is 0 Å². The number of rotatable bonds is 12. The number of fused-ring (bicyclic) bond motifs is 2. The number of nitrogens with zero attached hydrogens (tertiary/aromatic N) is 2. The van der Waals surface area contributed by atoms with Gasteiger partial charge in [0.05, 0.1) is 62.7 Å². The first kappa shape index (κ1) is 46.5. The van der Waals surface area contributed by atoms with Crippen LogP contribution in [0.15, 0.2) is 82.8 Å². The highest BCUT2D eigenvalue weighted by Crippen LogP contribution is 2.40. The number of amides is 2. The first-order valence-electron chi connectivity index (χ1n) is 20.6. The number of aryl methyl sites for hydroxylation is 1. The van der Waals surface area contributed by atoms with Crippen LogP contribution in [0.25, 0.3) is 0 Å². The van der Waals surface area contributed by atoms with Gasteiger partial charge in [0.25, 0.3) is 11.8 Å². The molecular formula is C44H53Cl2N5O8S2. The lowest BCUT2D eigenvalue weighted by Crippen LogP contribution is -2.24. The number of alkyl halides is 2. The smallest absolute Gasteiger partial charge is 0.253 e. The fraction of sp³-hybridized carbons (Fsp3) is 0.455. The number of sulfone groups is 2. The van der Waals surface area contributed by atoms with Crippen molar-refractivity contribution >= 4 is 54.7 Å².